The minimum absolute atomic E-state index is 0.317. The van der Waals surface area contributed by atoms with Crippen LogP contribution >= 0.6 is 0 Å². The van der Waals surface area contributed by atoms with E-state index in [1.807, 2.05) is 6.92 Å². The highest BCUT2D eigenvalue weighted by atomic mass is 16.5. The molecule has 21 heavy (non-hydrogen) atoms. The van der Waals surface area contributed by atoms with Crippen LogP contribution in [0.4, 0.5) is 4.79 Å². The van der Waals surface area contributed by atoms with E-state index in [4.69, 9.17) is 9.47 Å². The van der Waals surface area contributed by atoms with E-state index in [9.17, 15) is 9.59 Å². The molecule has 0 spiro atoms. The van der Waals surface area contributed by atoms with Crippen molar-refractivity contribution in [1.82, 2.24) is 14.7 Å². The molecular formula is C14H21N3O4. The highest BCUT2D eigenvalue weighted by Gasteiger charge is 2.31. The van der Waals surface area contributed by atoms with Gasteiger partial charge in [-0.05, 0) is 26.7 Å². The average molecular weight is 295 g/mol. The van der Waals surface area contributed by atoms with Gasteiger partial charge in [-0.1, -0.05) is 0 Å². The molecule has 7 nitrogen and oxygen atoms in total. The molecule has 2 rings (SSSR count). The number of aromatic nitrogens is 2. The standard InChI is InChI=1S/C14H21N3O4/c1-9-12(10(2)16(3)15-9)21-13(18)11-6-5-7-17(8-11)14(19)20-4/h11H,5-8H2,1-4H3. The number of hydrogen-bond acceptors (Lipinski definition) is 5. The summed E-state index contributed by atoms with van der Waals surface area (Å²) in [6.45, 7) is 4.60. The first-order chi connectivity index (χ1) is 9.93. The molecule has 1 amide bonds. The summed E-state index contributed by atoms with van der Waals surface area (Å²) >= 11 is 0. The Labute approximate surface area is 123 Å². The van der Waals surface area contributed by atoms with Crippen LogP contribution in [0, 0.1) is 19.8 Å². The van der Waals surface area contributed by atoms with Crippen LogP contribution < -0.4 is 4.74 Å². The summed E-state index contributed by atoms with van der Waals surface area (Å²) in [5.41, 5.74) is 1.49. The van der Waals surface area contributed by atoms with Gasteiger partial charge in [-0.25, -0.2) is 4.79 Å². The molecule has 1 aliphatic rings. The molecular weight excluding hydrogens is 274 g/mol. The highest BCUT2D eigenvalue weighted by Crippen LogP contribution is 2.25. The fourth-order valence-corrected chi connectivity index (χ4v) is 2.55. The Morgan fingerprint density at radius 2 is 2.05 bits per heavy atom. The number of esters is 1. The topological polar surface area (TPSA) is 73.7 Å². The Morgan fingerprint density at radius 3 is 2.62 bits per heavy atom. The minimum atomic E-state index is -0.402. The number of nitrogens with zero attached hydrogens (tertiary/aromatic N) is 3. The lowest BCUT2D eigenvalue weighted by Crippen LogP contribution is -2.43. The zero-order valence-corrected chi connectivity index (χ0v) is 12.9. The fraction of sp³-hybridized carbons (Fsp3) is 0.643. The van der Waals surface area contributed by atoms with Crippen molar-refractivity contribution in [2.24, 2.45) is 13.0 Å². The van der Waals surface area contributed by atoms with Crippen molar-refractivity contribution in [2.75, 3.05) is 20.2 Å². The van der Waals surface area contributed by atoms with Gasteiger partial charge in [-0.3, -0.25) is 9.48 Å². The van der Waals surface area contributed by atoms with Crippen molar-refractivity contribution in [3.8, 4) is 5.75 Å². The third-order valence-corrected chi connectivity index (χ3v) is 3.83. The van der Waals surface area contributed by atoms with Crippen LogP contribution in [-0.2, 0) is 16.6 Å². The van der Waals surface area contributed by atoms with E-state index in [1.54, 1.807) is 23.6 Å². The van der Waals surface area contributed by atoms with Gasteiger partial charge in [0.05, 0.1) is 18.7 Å². The van der Waals surface area contributed by atoms with Gasteiger partial charge in [0.1, 0.15) is 5.69 Å². The number of amides is 1. The molecule has 0 saturated carbocycles. The lowest BCUT2D eigenvalue weighted by molar-refractivity contribution is -0.140. The fourth-order valence-electron chi connectivity index (χ4n) is 2.55. The first-order valence-electron chi connectivity index (χ1n) is 6.98. The SMILES string of the molecule is COC(=O)N1CCCC(C(=O)Oc2c(C)nn(C)c2C)C1. The van der Waals surface area contributed by atoms with Crippen LogP contribution in [-0.4, -0.2) is 46.9 Å². The van der Waals surface area contributed by atoms with Crippen molar-refractivity contribution < 1.29 is 19.1 Å². The zero-order chi connectivity index (χ0) is 15.6. The second kappa shape index (κ2) is 6.15. The van der Waals surface area contributed by atoms with Crippen LogP contribution in [0.25, 0.3) is 0 Å². The van der Waals surface area contributed by atoms with Gasteiger partial charge in [-0.2, -0.15) is 5.10 Å². The quantitative estimate of drug-likeness (QED) is 0.771. The van der Waals surface area contributed by atoms with E-state index < -0.39 is 6.09 Å². The molecule has 1 aromatic rings. The number of aryl methyl sites for hydroxylation is 2. The highest BCUT2D eigenvalue weighted by molar-refractivity contribution is 5.77. The van der Waals surface area contributed by atoms with Crippen molar-refractivity contribution >= 4 is 12.1 Å². The molecule has 0 N–H and O–H groups in total. The second-order valence-corrected chi connectivity index (χ2v) is 5.30. The molecule has 7 heteroatoms. The van der Waals surface area contributed by atoms with Gasteiger partial charge in [0.15, 0.2) is 5.75 Å². The maximum absolute atomic E-state index is 12.3. The third kappa shape index (κ3) is 3.17. The number of likely N-dealkylation sites (tertiary alicyclic amines) is 1. The minimum Gasteiger partial charge on any atom is -0.453 e. The molecule has 1 aliphatic heterocycles. The molecule has 1 fully saturated rings. The van der Waals surface area contributed by atoms with E-state index in [-0.39, 0.29) is 11.9 Å². The number of methoxy groups -OCH3 is 1. The molecule has 1 atom stereocenters. The van der Waals surface area contributed by atoms with Gasteiger partial charge in [0.2, 0.25) is 0 Å². The smallest absolute Gasteiger partial charge is 0.409 e. The van der Waals surface area contributed by atoms with Crippen molar-refractivity contribution in [2.45, 2.75) is 26.7 Å². The largest absolute Gasteiger partial charge is 0.453 e. The van der Waals surface area contributed by atoms with Crippen LogP contribution in [0.1, 0.15) is 24.2 Å². The lowest BCUT2D eigenvalue weighted by atomic mass is 9.98. The predicted octanol–water partition coefficient (Wildman–Crippen LogP) is 1.42. The predicted molar refractivity (Wildman–Crippen MR) is 75.0 cm³/mol. The summed E-state index contributed by atoms with van der Waals surface area (Å²) < 4.78 is 11.9. The molecule has 1 aromatic heterocycles. The van der Waals surface area contributed by atoms with Gasteiger partial charge in [0.25, 0.3) is 0 Å². The Hall–Kier alpha value is -2.05. The zero-order valence-electron chi connectivity index (χ0n) is 12.9. The summed E-state index contributed by atoms with van der Waals surface area (Å²) in [5, 5.41) is 4.22. The summed E-state index contributed by atoms with van der Waals surface area (Å²) in [6, 6.07) is 0. The molecule has 0 aliphatic carbocycles. The van der Waals surface area contributed by atoms with Crippen molar-refractivity contribution in [3.05, 3.63) is 11.4 Å². The van der Waals surface area contributed by atoms with Gasteiger partial charge in [-0.15, -0.1) is 0 Å². The number of rotatable bonds is 2. The molecule has 116 valence electrons. The monoisotopic (exact) mass is 295 g/mol. The third-order valence-electron chi connectivity index (χ3n) is 3.83. The Kier molecular flexibility index (Phi) is 4.50. The summed E-state index contributed by atoms with van der Waals surface area (Å²) in [6.07, 6.45) is 1.08. The summed E-state index contributed by atoms with van der Waals surface area (Å²) in [7, 11) is 3.14. The summed E-state index contributed by atoms with van der Waals surface area (Å²) in [5.74, 6) is -0.127. The average Bonchev–Trinajstić information content (AvgIpc) is 2.73. The first-order valence-corrected chi connectivity index (χ1v) is 6.98. The normalized spacial score (nSPS) is 18.5. The maximum atomic E-state index is 12.3. The number of hydrogen-bond donors (Lipinski definition) is 0. The number of piperidine rings is 1. The first kappa shape index (κ1) is 15.3. The molecule has 0 aromatic carbocycles. The Morgan fingerprint density at radius 1 is 1.33 bits per heavy atom. The molecule has 0 bridgehead atoms. The van der Waals surface area contributed by atoms with Crippen LogP contribution in [0.2, 0.25) is 0 Å². The van der Waals surface area contributed by atoms with E-state index >= 15 is 0 Å². The van der Waals surface area contributed by atoms with Crippen molar-refractivity contribution in [3.63, 3.8) is 0 Å². The van der Waals surface area contributed by atoms with Gasteiger partial charge < -0.3 is 14.4 Å². The lowest BCUT2D eigenvalue weighted by Gasteiger charge is -2.30. The number of carbonyl (C=O) groups excluding carboxylic acids is 2. The Balaban J connectivity index is 2.04. The second-order valence-electron chi connectivity index (χ2n) is 5.30. The molecule has 2 heterocycles. The molecule has 1 saturated heterocycles. The Bertz CT molecular complexity index is 553. The molecule has 0 radical (unpaired) electrons. The number of carbonyl (C=O) groups is 2. The molecule has 1 unspecified atom stereocenters. The van der Waals surface area contributed by atoms with Crippen molar-refractivity contribution in [1.29, 1.82) is 0 Å². The van der Waals surface area contributed by atoms with Gasteiger partial charge in [0, 0.05) is 20.1 Å². The van der Waals surface area contributed by atoms with E-state index in [2.05, 4.69) is 5.10 Å². The van der Waals surface area contributed by atoms with Gasteiger partial charge >= 0.3 is 12.1 Å². The van der Waals surface area contributed by atoms with E-state index in [0.29, 0.717) is 31.0 Å². The van der Waals surface area contributed by atoms with Crippen LogP contribution in [0.3, 0.4) is 0 Å². The van der Waals surface area contributed by atoms with Crippen LogP contribution in [0.15, 0.2) is 0 Å². The van der Waals surface area contributed by atoms with E-state index in [1.165, 1.54) is 7.11 Å². The van der Waals surface area contributed by atoms with E-state index in [0.717, 1.165) is 12.1 Å². The van der Waals surface area contributed by atoms with Crippen LogP contribution in [0.5, 0.6) is 5.75 Å². The summed E-state index contributed by atoms with van der Waals surface area (Å²) in [4.78, 5) is 25.4. The number of ether oxygens (including phenoxy) is 2. The maximum Gasteiger partial charge on any atom is 0.409 e.